The third-order valence-electron chi connectivity index (χ3n) is 5.56. The predicted octanol–water partition coefficient (Wildman–Crippen LogP) is 4.49. The van der Waals surface area contributed by atoms with E-state index in [1.165, 1.54) is 7.05 Å². The van der Waals surface area contributed by atoms with E-state index in [-0.39, 0.29) is 16.3 Å². The number of hydroxylamine groups is 2. The Morgan fingerprint density at radius 2 is 2.03 bits per heavy atom. The highest BCUT2D eigenvalue weighted by Gasteiger charge is 2.22. The molecule has 0 aliphatic carbocycles. The first kappa shape index (κ1) is 23.5. The molecule has 0 spiro atoms. The summed E-state index contributed by atoms with van der Waals surface area (Å²) >= 11 is 5.98. The summed E-state index contributed by atoms with van der Waals surface area (Å²) in [6, 6.07) is 6.49. The summed E-state index contributed by atoms with van der Waals surface area (Å²) in [5.74, 6) is -0.263. The lowest BCUT2D eigenvalue weighted by molar-refractivity contribution is -0.0378. The fraction of sp³-hybridized carbons (Fsp3) is 0.250. The molecule has 2 N–H and O–H groups in total. The molecule has 10 heteroatoms. The Bertz CT molecular complexity index is 1470. The average molecular weight is 482 g/mol. The molecule has 1 atom stereocenters. The number of aromatic nitrogens is 3. The van der Waals surface area contributed by atoms with Gasteiger partial charge in [-0.3, -0.25) is 19.5 Å². The molecule has 4 aromatic rings. The van der Waals surface area contributed by atoms with Gasteiger partial charge in [-0.15, -0.1) is 0 Å². The number of aryl methyl sites for hydroxylation is 2. The molecule has 3 heterocycles. The Kier molecular flexibility index (Phi) is 6.16. The number of carbonyl (C=O) groups excluding carboxylic acids is 1. The molecule has 0 radical (unpaired) electrons. The van der Waals surface area contributed by atoms with Gasteiger partial charge in [-0.2, -0.15) is 5.10 Å². The molecule has 0 aliphatic heterocycles. The molecule has 3 aromatic heterocycles. The van der Waals surface area contributed by atoms with Crippen LogP contribution in [-0.4, -0.2) is 38.0 Å². The van der Waals surface area contributed by atoms with Crippen LogP contribution in [0.5, 0.6) is 0 Å². The number of halogens is 1. The van der Waals surface area contributed by atoms with Gasteiger partial charge in [0.2, 0.25) is 0 Å². The minimum Gasteiger partial charge on any atom is -0.455 e. The summed E-state index contributed by atoms with van der Waals surface area (Å²) in [7, 11) is 3.00. The number of nitrogens with one attached hydrogen (secondary N) is 1. The van der Waals surface area contributed by atoms with E-state index in [2.05, 4.69) is 15.4 Å². The number of amides is 1. The Labute approximate surface area is 200 Å². The number of benzene rings is 1. The van der Waals surface area contributed by atoms with E-state index >= 15 is 0 Å². The van der Waals surface area contributed by atoms with Crippen LogP contribution in [0.25, 0.3) is 22.3 Å². The van der Waals surface area contributed by atoms with Gasteiger partial charge in [-0.05, 0) is 44.5 Å². The average Bonchev–Trinajstić information content (AvgIpc) is 3.22. The molecule has 0 aliphatic rings. The van der Waals surface area contributed by atoms with Crippen molar-refractivity contribution in [1.82, 2.24) is 19.8 Å². The first-order valence-corrected chi connectivity index (χ1v) is 10.9. The first-order chi connectivity index (χ1) is 16.1. The maximum atomic E-state index is 13.3. The van der Waals surface area contributed by atoms with Crippen molar-refractivity contribution in [2.45, 2.75) is 26.8 Å². The zero-order chi connectivity index (χ0) is 24.7. The lowest BCUT2D eigenvalue weighted by Gasteiger charge is -2.20. The van der Waals surface area contributed by atoms with Crippen LogP contribution in [0.4, 0.5) is 5.69 Å². The number of carbonyl (C=O) groups is 1. The second kappa shape index (κ2) is 8.92. The third-order valence-corrected chi connectivity index (χ3v) is 5.77. The van der Waals surface area contributed by atoms with Gasteiger partial charge in [0.25, 0.3) is 5.91 Å². The van der Waals surface area contributed by atoms with Crippen molar-refractivity contribution >= 4 is 34.2 Å². The van der Waals surface area contributed by atoms with Crippen LogP contribution in [-0.2, 0) is 7.05 Å². The van der Waals surface area contributed by atoms with Crippen LogP contribution < -0.4 is 10.7 Å². The fourth-order valence-electron chi connectivity index (χ4n) is 3.88. The highest BCUT2D eigenvalue weighted by molar-refractivity contribution is 6.29. The third kappa shape index (κ3) is 4.27. The van der Waals surface area contributed by atoms with E-state index in [1.54, 1.807) is 49.2 Å². The number of fused-ring (bicyclic) bond motifs is 1. The van der Waals surface area contributed by atoms with Crippen LogP contribution in [0.2, 0.25) is 5.15 Å². The molecule has 1 amide bonds. The smallest absolute Gasteiger partial charge is 0.297 e. The number of hydrogen-bond donors (Lipinski definition) is 2. The standard InChI is InChI=1S/C24H24ClN5O4/c1-12-8-16(14(3)27-18-6-7-19(25)28-20(18)24(32)30(5)33)23-17(9-12)21(31)13(2)22(34-23)15-10-26-29(4)11-15/h6-11,14,27,33H,1-5H3. The number of hydrogen-bond acceptors (Lipinski definition) is 7. The van der Waals surface area contributed by atoms with Crippen LogP contribution in [0.15, 0.2) is 45.9 Å². The number of nitrogens with zero attached hydrogens (tertiary/aromatic N) is 4. The van der Waals surface area contributed by atoms with Gasteiger partial charge in [0.1, 0.15) is 16.5 Å². The summed E-state index contributed by atoms with van der Waals surface area (Å²) in [6.45, 7) is 5.52. The summed E-state index contributed by atoms with van der Waals surface area (Å²) in [5, 5.41) is 18.1. The van der Waals surface area contributed by atoms with E-state index in [4.69, 9.17) is 16.0 Å². The van der Waals surface area contributed by atoms with Crippen LogP contribution in [0.1, 0.15) is 40.1 Å². The van der Waals surface area contributed by atoms with E-state index in [9.17, 15) is 14.8 Å². The zero-order valence-corrected chi connectivity index (χ0v) is 20.1. The van der Waals surface area contributed by atoms with Gasteiger partial charge in [0.05, 0.1) is 28.9 Å². The second-order valence-electron chi connectivity index (χ2n) is 8.24. The van der Waals surface area contributed by atoms with Gasteiger partial charge >= 0.3 is 0 Å². The normalized spacial score (nSPS) is 12.1. The summed E-state index contributed by atoms with van der Waals surface area (Å²) in [4.78, 5) is 29.8. The van der Waals surface area contributed by atoms with Crippen molar-refractivity contribution in [3.8, 4) is 11.3 Å². The fourth-order valence-corrected chi connectivity index (χ4v) is 4.03. The van der Waals surface area contributed by atoms with Gasteiger partial charge < -0.3 is 9.73 Å². The highest BCUT2D eigenvalue weighted by atomic mass is 35.5. The van der Waals surface area contributed by atoms with Crippen molar-refractivity contribution in [1.29, 1.82) is 0 Å². The molecule has 0 fully saturated rings. The maximum Gasteiger partial charge on any atom is 0.297 e. The van der Waals surface area contributed by atoms with Crippen LogP contribution >= 0.6 is 11.6 Å². The molecule has 34 heavy (non-hydrogen) atoms. The molecule has 9 nitrogen and oxygen atoms in total. The predicted molar refractivity (Wildman–Crippen MR) is 129 cm³/mol. The molecule has 176 valence electrons. The quantitative estimate of drug-likeness (QED) is 0.245. The number of rotatable bonds is 5. The largest absolute Gasteiger partial charge is 0.455 e. The monoisotopic (exact) mass is 481 g/mol. The molecule has 4 rings (SSSR count). The van der Waals surface area contributed by atoms with Crippen LogP contribution in [0.3, 0.4) is 0 Å². The summed E-state index contributed by atoms with van der Waals surface area (Å²) < 4.78 is 7.95. The van der Waals surface area contributed by atoms with E-state index < -0.39 is 11.9 Å². The number of anilines is 1. The van der Waals surface area contributed by atoms with E-state index in [0.717, 1.165) is 11.1 Å². The van der Waals surface area contributed by atoms with Crippen molar-refractivity contribution in [3.63, 3.8) is 0 Å². The molecular formula is C24H24ClN5O4. The van der Waals surface area contributed by atoms with Crippen molar-refractivity contribution < 1.29 is 14.4 Å². The molecule has 1 aromatic carbocycles. The highest BCUT2D eigenvalue weighted by Crippen LogP contribution is 2.32. The van der Waals surface area contributed by atoms with Gasteiger partial charge in [0, 0.05) is 31.4 Å². The van der Waals surface area contributed by atoms with Crippen molar-refractivity contribution in [3.05, 3.63) is 74.4 Å². The summed E-state index contributed by atoms with van der Waals surface area (Å²) in [6.07, 6.45) is 3.44. The number of pyridine rings is 1. The first-order valence-electron chi connectivity index (χ1n) is 10.5. The topological polar surface area (TPSA) is 113 Å². The molecule has 0 saturated carbocycles. The Morgan fingerprint density at radius 1 is 1.29 bits per heavy atom. The van der Waals surface area contributed by atoms with Gasteiger partial charge in [-0.1, -0.05) is 17.7 Å². The Balaban J connectivity index is 1.86. The Morgan fingerprint density at radius 3 is 2.68 bits per heavy atom. The molecule has 0 bridgehead atoms. The molecule has 1 unspecified atom stereocenters. The molecular weight excluding hydrogens is 458 g/mol. The van der Waals surface area contributed by atoms with E-state index in [0.29, 0.717) is 38.6 Å². The SMILES string of the molecule is Cc1cc(C(C)Nc2ccc(Cl)nc2C(=O)N(C)O)c2oc(-c3cnn(C)c3)c(C)c(=O)c2c1. The summed E-state index contributed by atoms with van der Waals surface area (Å²) in [5.41, 5.74) is 3.47. The lowest BCUT2D eigenvalue weighted by atomic mass is 9.99. The molecule has 0 saturated heterocycles. The lowest BCUT2D eigenvalue weighted by Crippen LogP contribution is -2.25. The van der Waals surface area contributed by atoms with Crippen molar-refractivity contribution in [2.24, 2.45) is 7.05 Å². The minimum atomic E-state index is -0.715. The second-order valence-corrected chi connectivity index (χ2v) is 8.63. The van der Waals surface area contributed by atoms with Crippen LogP contribution in [0, 0.1) is 13.8 Å². The maximum absolute atomic E-state index is 13.3. The van der Waals surface area contributed by atoms with E-state index in [1.807, 2.05) is 19.9 Å². The zero-order valence-electron chi connectivity index (χ0n) is 19.4. The van der Waals surface area contributed by atoms with Gasteiger partial charge in [-0.25, -0.2) is 10.0 Å². The minimum absolute atomic E-state index is 0.0327. The van der Waals surface area contributed by atoms with Gasteiger partial charge in [0.15, 0.2) is 11.1 Å². The van der Waals surface area contributed by atoms with Crippen molar-refractivity contribution in [2.75, 3.05) is 12.4 Å². The Hall–Kier alpha value is -3.69.